The first-order chi connectivity index (χ1) is 14.0. The number of fused-ring (bicyclic) bond motifs is 2. The van der Waals surface area contributed by atoms with Gasteiger partial charge in [0.1, 0.15) is 0 Å². The standard InChI is InChI=1S/C22H30N4O3/c1-3-22(21(29)25-12-10-24(11-13-25)16(2)27)15-18-4-5-19(22)26(18)20(28)14-17-6-8-23-9-7-17/h6-9,18-19H,3-5,10-15H2,1-2H3/t18-,19+,22+/m1/s1. The first-order valence-electron chi connectivity index (χ1n) is 10.7. The Morgan fingerprint density at radius 3 is 2.34 bits per heavy atom. The van der Waals surface area contributed by atoms with E-state index < -0.39 is 5.41 Å². The fourth-order valence-corrected chi connectivity index (χ4v) is 5.63. The Morgan fingerprint density at radius 1 is 1.07 bits per heavy atom. The Hall–Kier alpha value is -2.44. The lowest BCUT2D eigenvalue weighted by atomic mass is 9.70. The summed E-state index contributed by atoms with van der Waals surface area (Å²) in [6.45, 7) is 6.02. The fourth-order valence-electron chi connectivity index (χ4n) is 5.63. The van der Waals surface area contributed by atoms with Crippen LogP contribution in [-0.2, 0) is 20.8 Å². The van der Waals surface area contributed by atoms with Crippen LogP contribution in [0.1, 0.15) is 45.1 Å². The Bertz CT molecular complexity index is 791. The average Bonchev–Trinajstić information content (AvgIpc) is 3.30. The molecule has 7 nitrogen and oxygen atoms in total. The summed E-state index contributed by atoms with van der Waals surface area (Å²) in [5, 5.41) is 0. The first-order valence-corrected chi connectivity index (χ1v) is 10.7. The zero-order valence-electron chi connectivity index (χ0n) is 17.3. The zero-order chi connectivity index (χ0) is 20.6. The van der Waals surface area contributed by atoms with Gasteiger partial charge in [0.2, 0.25) is 17.7 Å². The van der Waals surface area contributed by atoms with Gasteiger partial charge < -0.3 is 14.7 Å². The zero-order valence-corrected chi connectivity index (χ0v) is 17.3. The van der Waals surface area contributed by atoms with E-state index in [0.29, 0.717) is 32.6 Å². The molecule has 0 spiro atoms. The molecule has 3 aliphatic rings. The summed E-state index contributed by atoms with van der Waals surface area (Å²) in [5.41, 5.74) is 0.486. The molecule has 3 saturated heterocycles. The minimum atomic E-state index is -0.477. The summed E-state index contributed by atoms with van der Waals surface area (Å²) in [6.07, 6.45) is 7.19. The van der Waals surface area contributed by atoms with Gasteiger partial charge in [0.05, 0.1) is 11.8 Å². The highest BCUT2D eigenvalue weighted by atomic mass is 16.2. The van der Waals surface area contributed by atoms with E-state index >= 15 is 0 Å². The largest absolute Gasteiger partial charge is 0.339 e. The van der Waals surface area contributed by atoms with Gasteiger partial charge in [-0.1, -0.05) is 6.92 Å². The van der Waals surface area contributed by atoms with Gasteiger partial charge in [0.15, 0.2) is 0 Å². The third-order valence-electron chi connectivity index (χ3n) is 7.20. The van der Waals surface area contributed by atoms with Crippen LogP contribution in [0.3, 0.4) is 0 Å². The molecule has 1 aromatic heterocycles. The van der Waals surface area contributed by atoms with Crippen molar-refractivity contribution in [3.63, 3.8) is 0 Å². The molecule has 0 aromatic carbocycles. The number of nitrogens with zero attached hydrogens (tertiary/aromatic N) is 4. The van der Waals surface area contributed by atoms with Gasteiger partial charge in [-0.05, 0) is 43.4 Å². The van der Waals surface area contributed by atoms with Crippen LogP contribution in [0.4, 0.5) is 0 Å². The van der Waals surface area contributed by atoms with Gasteiger partial charge in [-0.15, -0.1) is 0 Å². The highest BCUT2D eigenvalue weighted by Gasteiger charge is 2.60. The number of hydrogen-bond donors (Lipinski definition) is 0. The van der Waals surface area contributed by atoms with Crippen LogP contribution in [0.25, 0.3) is 0 Å². The Kier molecular flexibility index (Phi) is 5.32. The smallest absolute Gasteiger partial charge is 0.231 e. The molecule has 156 valence electrons. The highest BCUT2D eigenvalue weighted by Crippen LogP contribution is 2.53. The summed E-state index contributed by atoms with van der Waals surface area (Å²) in [5.74, 6) is 0.362. The summed E-state index contributed by atoms with van der Waals surface area (Å²) in [7, 11) is 0. The van der Waals surface area contributed by atoms with Crippen LogP contribution in [0.15, 0.2) is 24.5 Å². The number of carbonyl (C=O) groups excluding carboxylic acids is 3. The van der Waals surface area contributed by atoms with E-state index in [1.54, 1.807) is 24.2 Å². The van der Waals surface area contributed by atoms with Crippen molar-refractivity contribution < 1.29 is 14.4 Å². The van der Waals surface area contributed by atoms with Crippen molar-refractivity contribution in [2.45, 2.75) is 58.0 Å². The quantitative estimate of drug-likeness (QED) is 0.770. The maximum absolute atomic E-state index is 13.6. The summed E-state index contributed by atoms with van der Waals surface area (Å²) < 4.78 is 0. The van der Waals surface area contributed by atoms with Crippen molar-refractivity contribution in [1.82, 2.24) is 19.7 Å². The minimum Gasteiger partial charge on any atom is -0.339 e. The van der Waals surface area contributed by atoms with E-state index in [1.807, 2.05) is 21.9 Å². The number of rotatable bonds is 4. The molecular weight excluding hydrogens is 368 g/mol. The third kappa shape index (κ3) is 3.40. The van der Waals surface area contributed by atoms with Gasteiger partial charge in [-0.25, -0.2) is 0 Å². The van der Waals surface area contributed by atoms with E-state index in [1.165, 1.54) is 0 Å². The van der Waals surface area contributed by atoms with Gasteiger partial charge in [-0.2, -0.15) is 0 Å². The normalized spacial score (nSPS) is 28.7. The maximum atomic E-state index is 13.6. The lowest BCUT2D eigenvalue weighted by molar-refractivity contribution is -0.149. The lowest BCUT2D eigenvalue weighted by Crippen LogP contribution is -2.57. The second-order valence-corrected chi connectivity index (χ2v) is 8.59. The van der Waals surface area contributed by atoms with Crippen LogP contribution in [0.2, 0.25) is 0 Å². The number of aromatic nitrogens is 1. The Morgan fingerprint density at radius 2 is 1.72 bits per heavy atom. The molecule has 3 aliphatic heterocycles. The maximum Gasteiger partial charge on any atom is 0.231 e. The molecule has 0 radical (unpaired) electrons. The van der Waals surface area contributed by atoms with Gasteiger partial charge >= 0.3 is 0 Å². The van der Waals surface area contributed by atoms with Gasteiger partial charge in [0.25, 0.3) is 0 Å². The monoisotopic (exact) mass is 398 g/mol. The predicted octanol–water partition coefficient (Wildman–Crippen LogP) is 1.47. The molecule has 0 N–H and O–H groups in total. The van der Waals surface area contributed by atoms with E-state index in [-0.39, 0.29) is 29.8 Å². The van der Waals surface area contributed by atoms with Gasteiger partial charge in [0, 0.05) is 57.6 Å². The summed E-state index contributed by atoms with van der Waals surface area (Å²) in [4.78, 5) is 48.1. The van der Waals surface area contributed by atoms with E-state index in [4.69, 9.17) is 0 Å². The van der Waals surface area contributed by atoms with Crippen molar-refractivity contribution in [3.8, 4) is 0 Å². The third-order valence-corrected chi connectivity index (χ3v) is 7.20. The molecule has 2 bridgehead atoms. The molecule has 4 rings (SSSR count). The molecular formula is C22H30N4O3. The van der Waals surface area contributed by atoms with Crippen LogP contribution >= 0.6 is 0 Å². The van der Waals surface area contributed by atoms with Crippen LogP contribution in [0.5, 0.6) is 0 Å². The number of hydrogen-bond acceptors (Lipinski definition) is 4. The molecule has 3 atom stereocenters. The van der Waals surface area contributed by atoms with Gasteiger partial charge in [-0.3, -0.25) is 19.4 Å². The molecule has 3 fully saturated rings. The Labute approximate surface area is 172 Å². The topological polar surface area (TPSA) is 73.8 Å². The number of amides is 3. The van der Waals surface area contributed by atoms with Crippen molar-refractivity contribution in [2.75, 3.05) is 26.2 Å². The van der Waals surface area contributed by atoms with Crippen molar-refractivity contribution >= 4 is 17.7 Å². The van der Waals surface area contributed by atoms with E-state index in [0.717, 1.165) is 31.2 Å². The SMILES string of the molecule is CC[C@]1(C(=O)N2CCN(C(C)=O)CC2)C[C@H]2CC[C@@H]1N2C(=O)Cc1ccncc1. The lowest BCUT2D eigenvalue weighted by Gasteiger charge is -2.42. The number of piperazine rings is 1. The van der Waals surface area contributed by atoms with E-state index in [9.17, 15) is 14.4 Å². The fraction of sp³-hybridized carbons (Fsp3) is 0.636. The molecule has 0 aliphatic carbocycles. The van der Waals surface area contributed by atoms with Crippen LogP contribution in [-0.4, -0.2) is 75.7 Å². The Balaban J connectivity index is 1.49. The average molecular weight is 399 g/mol. The molecule has 4 heterocycles. The second kappa shape index (κ2) is 7.76. The van der Waals surface area contributed by atoms with E-state index in [2.05, 4.69) is 11.9 Å². The van der Waals surface area contributed by atoms with Crippen LogP contribution in [0, 0.1) is 5.41 Å². The second-order valence-electron chi connectivity index (χ2n) is 8.59. The van der Waals surface area contributed by atoms with Crippen molar-refractivity contribution in [3.05, 3.63) is 30.1 Å². The first kappa shape index (κ1) is 19.9. The summed E-state index contributed by atoms with van der Waals surface area (Å²) >= 11 is 0. The van der Waals surface area contributed by atoms with Crippen molar-refractivity contribution in [2.24, 2.45) is 5.41 Å². The molecule has 0 saturated carbocycles. The number of pyridine rings is 1. The molecule has 1 aromatic rings. The minimum absolute atomic E-state index is 0.00910. The summed E-state index contributed by atoms with van der Waals surface area (Å²) in [6, 6.07) is 3.91. The van der Waals surface area contributed by atoms with Crippen molar-refractivity contribution in [1.29, 1.82) is 0 Å². The molecule has 29 heavy (non-hydrogen) atoms. The molecule has 7 heteroatoms. The highest BCUT2D eigenvalue weighted by molar-refractivity contribution is 5.88. The number of carbonyl (C=O) groups is 3. The van der Waals surface area contributed by atoms with Crippen LogP contribution < -0.4 is 0 Å². The molecule has 0 unspecified atom stereocenters. The predicted molar refractivity (Wildman–Crippen MR) is 108 cm³/mol. The molecule has 3 amide bonds.